The molecular weight excluding hydrogens is 228 g/mol. The summed E-state index contributed by atoms with van der Waals surface area (Å²) in [4.78, 5) is 11.8. The maximum atomic E-state index is 11.8. The first-order valence-electron chi connectivity index (χ1n) is 6.16. The van der Waals surface area contributed by atoms with Gasteiger partial charge in [-0.3, -0.25) is 4.79 Å². The summed E-state index contributed by atoms with van der Waals surface area (Å²) in [5, 5.41) is 14.8. The minimum Gasteiger partial charge on any atom is -0.411 e. The van der Waals surface area contributed by atoms with E-state index in [1.807, 2.05) is 25.1 Å². The normalized spacial score (nSPS) is 13.2. The van der Waals surface area contributed by atoms with Gasteiger partial charge in [0.15, 0.2) is 0 Å². The number of para-hydroxylation sites is 1. The summed E-state index contributed by atoms with van der Waals surface area (Å²) in [5.74, 6) is 0.354. The SMILES string of the molecule is CCC(C)CC(=O)Nc1ccccc1/C(C)=N/O. The van der Waals surface area contributed by atoms with Gasteiger partial charge < -0.3 is 10.5 Å². The van der Waals surface area contributed by atoms with Crippen molar-refractivity contribution >= 4 is 17.3 Å². The molecule has 1 aromatic rings. The van der Waals surface area contributed by atoms with Crippen LogP contribution < -0.4 is 5.32 Å². The highest BCUT2D eigenvalue weighted by atomic mass is 16.4. The van der Waals surface area contributed by atoms with Crippen LogP contribution in [0.4, 0.5) is 5.69 Å². The summed E-state index contributed by atoms with van der Waals surface area (Å²) in [7, 11) is 0. The Morgan fingerprint density at radius 3 is 2.72 bits per heavy atom. The molecule has 1 unspecified atom stereocenters. The molecule has 0 saturated carbocycles. The third-order valence-electron chi connectivity index (χ3n) is 2.97. The molecule has 0 heterocycles. The van der Waals surface area contributed by atoms with Crippen molar-refractivity contribution in [2.75, 3.05) is 5.32 Å². The minimum absolute atomic E-state index is 0.0115. The van der Waals surface area contributed by atoms with Crippen LogP contribution in [0.1, 0.15) is 39.2 Å². The van der Waals surface area contributed by atoms with E-state index >= 15 is 0 Å². The van der Waals surface area contributed by atoms with E-state index in [0.717, 1.165) is 12.0 Å². The summed E-state index contributed by atoms with van der Waals surface area (Å²) in [5.41, 5.74) is 1.90. The number of anilines is 1. The molecule has 1 amide bonds. The quantitative estimate of drug-likeness (QED) is 0.477. The molecule has 0 saturated heterocycles. The molecule has 0 bridgehead atoms. The molecule has 2 N–H and O–H groups in total. The average molecular weight is 248 g/mol. The number of nitrogens with zero attached hydrogens (tertiary/aromatic N) is 1. The molecule has 18 heavy (non-hydrogen) atoms. The Kier molecular flexibility index (Phi) is 5.36. The van der Waals surface area contributed by atoms with E-state index < -0.39 is 0 Å². The van der Waals surface area contributed by atoms with Crippen LogP contribution in [0.5, 0.6) is 0 Å². The number of oxime groups is 1. The second-order valence-electron chi connectivity index (χ2n) is 4.50. The number of carbonyl (C=O) groups is 1. The van der Waals surface area contributed by atoms with Crippen molar-refractivity contribution in [1.82, 2.24) is 0 Å². The largest absolute Gasteiger partial charge is 0.411 e. The van der Waals surface area contributed by atoms with Gasteiger partial charge in [-0.15, -0.1) is 0 Å². The van der Waals surface area contributed by atoms with Crippen molar-refractivity contribution < 1.29 is 10.0 Å². The van der Waals surface area contributed by atoms with Crippen molar-refractivity contribution in [3.63, 3.8) is 0 Å². The van der Waals surface area contributed by atoms with E-state index in [2.05, 4.69) is 17.4 Å². The van der Waals surface area contributed by atoms with E-state index in [1.54, 1.807) is 13.0 Å². The Balaban J connectivity index is 2.81. The van der Waals surface area contributed by atoms with Crippen molar-refractivity contribution in [2.45, 2.75) is 33.6 Å². The Morgan fingerprint density at radius 1 is 1.44 bits per heavy atom. The number of hydrogen-bond donors (Lipinski definition) is 2. The van der Waals surface area contributed by atoms with Gasteiger partial charge in [-0.1, -0.05) is 43.6 Å². The van der Waals surface area contributed by atoms with Gasteiger partial charge in [-0.25, -0.2) is 0 Å². The van der Waals surface area contributed by atoms with Crippen molar-refractivity contribution in [1.29, 1.82) is 0 Å². The summed E-state index contributed by atoms with van der Waals surface area (Å²) in [6.07, 6.45) is 1.48. The van der Waals surface area contributed by atoms with Crippen LogP contribution in [0.15, 0.2) is 29.4 Å². The average Bonchev–Trinajstić information content (AvgIpc) is 2.38. The molecule has 1 aromatic carbocycles. The zero-order valence-corrected chi connectivity index (χ0v) is 11.1. The van der Waals surface area contributed by atoms with Crippen LogP contribution >= 0.6 is 0 Å². The van der Waals surface area contributed by atoms with E-state index in [1.165, 1.54) is 0 Å². The van der Waals surface area contributed by atoms with Gasteiger partial charge >= 0.3 is 0 Å². The van der Waals surface area contributed by atoms with Crippen LogP contribution in [-0.4, -0.2) is 16.8 Å². The fourth-order valence-electron chi connectivity index (χ4n) is 1.62. The predicted octanol–water partition coefficient (Wildman–Crippen LogP) is 3.26. The molecule has 0 aliphatic rings. The first kappa shape index (κ1) is 14.2. The van der Waals surface area contributed by atoms with Crippen LogP contribution in [0, 0.1) is 5.92 Å². The fraction of sp³-hybridized carbons (Fsp3) is 0.429. The topological polar surface area (TPSA) is 61.7 Å². The molecule has 0 aliphatic carbocycles. The molecule has 0 fully saturated rings. The highest BCUT2D eigenvalue weighted by Gasteiger charge is 2.11. The lowest BCUT2D eigenvalue weighted by atomic mass is 10.0. The lowest BCUT2D eigenvalue weighted by Crippen LogP contribution is -2.16. The highest BCUT2D eigenvalue weighted by Crippen LogP contribution is 2.17. The third-order valence-corrected chi connectivity index (χ3v) is 2.97. The number of benzene rings is 1. The Labute approximate surface area is 108 Å². The molecule has 1 atom stereocenters. The maximum absolute atomic E-state index is 11.8. The Bertz CT molecular complexity index is 441. The molecule has 98 valence electrons. The molecule has 4 nitrogen and oxygen atoms in total. The summed E-state index contributed by atoms with van der Waals surface area (Å²) >= 11 is 0. The standard InChI is InChI=1S/C14H20N2O2/c1-4-10(2)9-14(17)15-13-8-6-5-7-12(13)11(3)16-18/h5-8,10,18H,4,9H2,1-3H3,(H,15,17)/b16-11+. The number of nitrogens with one attached hydrogen (secondary N) is 1. The number of amides is 1. The molecule has 4 heteroatoms. The lowest BCUT2D eigenvalue weighted by molar-refractivity contribution is -0.117. The second-order valence-corrected chi connectivity index (χ2v) is 4.50. The summed E-state index contributed by atoms with van der Waals surface area (Å²) in [6.45, 7) is 5.81. The second kappa shape index (κ2) is 6.79. The van der Waals surface area contributed by atoms with Crippen molar-refractivity contribution in [2.24, 2.45) is 11.1 Å². The van der Waals surface area contributed by atoms with Gasteiger partial charge in [-0.05, 0) is 18.9 Å². The van der Waals surface area contributed by atoms with Crippen molar-refractivity contribution in [3.8, 4) is 0 Å². The minimum atomic E-state index is -0.0115. The Hall–Kier alpha value is -1.84. The lowest BCUT2D eigenvalue weighted by Gasteiger charge is -2.12. The first-order chi connectivity index (χ1) is 8.58. The number of rotatable bonds is 5. The maximum Gasteiger partial charge on any atom is 0.224 e. The summed E-state index contributed by atoms with van der Waals surface area (Å²) in [6, 6.07) is 7.30. The van der Waals surface area contributed by atoms with E-state index in [-0.39, 0.29) is 5.91 Å². The molecule has 0 spiro atoms. The van der Waals surface area contributed by atoms with E-state index in [4.69, 9.17) is 5.21 Å². The van der Waals surface area contributed by atoms with Gasteiger partial charge in [0, 0.05) is 17.7 Å². The van der Waals surface area contributed by atoms with Gasteiger partial charge in [0.05, 0.1) is 5.71 Å². The zero-order valence-electron chi connectivity index (χ0n) is 11.1. The predicted molar refractivity (Wildman–Crippen MR) is 73.1 cm³/mol. The van der Waals surface area contributed by atoms with Gasteiger partial charge in [0.1, 0.15) is 0 Å². The molecule has 0 aromatic heterocycles. The van der Waals surface area contributed by atoms with E-state index in [0.29, 0.717) is 23.7 Å². The van der Waals surface area contributed by atoms with Crippen LogP contribution in [-0.2, 0) is 4.79 Å². The highest BCUT2D eigenvalue weighted by molar-refractivity contribution is 6.06. The number of hydrogen-bond acceptors (Lipinski definition) is 3. The van der Waals surface area contributed by atoms with Crippen LogP contribution in [0.25, 0.3) is 0 Å². The van der Waals surface area contributed by atoms with Crippen LogP contribution in [0.3, 0.4) is 0 Å². The molecule has 1 rings (SSSR count). The number of carbonyl (C=O) groups excluding carboxylic acids is 1. The Morgan fingerprint density at radius 2 is 2.11 bits per heavy atom. The summed E-state index contributed by atoms with van der Waals surface area (Å²) < 4.78 is 0. The van der Waals surface area contributed by atoms with Gasteiger partial charge in [0.25, 0.3) is 0 Å². The molecule has 0 radical (unpaired) electrons. The molecular formula is C14H20N2O2. The van der Waals surface area contributed by atoms with Crippen LogP contribution in [0.2, 0.25) is 0 Å². The van der Waals surface area contributed by atoms with E-state index in [9.17, 15) is 4.79 Å². The third kappa shape index (κ3) is 3.87. The van der Waals surface area contributed by atoms with Crippen molar-refractivity contribution in [3.05, 3.63) is 29.8 Å². The monoisotopic (exact) mass is 248 g/mol. The first-order valence-corrected chi connectivity index (χ1v) is 6.16. The smallest absolute Gasteiger partial charge is 0.224 e. The zero-order chi connectivity index (χ0) is 13.5. The van der Waals surface area contributed by atoms with Gasteiger partial charge in [-0.2, -0.15) is 0 Å². The fourth-order valence-corrected chi connectivity index (χ4v) is 1.62. The molecule has 0 aliphatic heterocycles. The van der Waals surface area contributed by atoms with Gasteiger partial charge in [0.2, 0.25) is 5.91 Å².